The van der Waals surface area contributed by atoms with Crippen LogP contribution in [0.2, 0.25) is 13.3 Å². The Labute approximate surface area is 136 Å². The van der Waals surface area contributed by atoms with E-state index in [-0.39, 0.29) is 5.48 Å². The first kappa shape index (κ1) is 23.0. The van der Waals surface area contributed by atoms with E-state index in [1.807, 2.05) is 0 Å². The van der Waals surface area contributed by atoms with Crippen LogP contribution in [0.1, 0.15) is 97.8 Å². The second-order valence-corrected chi connectivity index (χ2v) is 14.7. The maximum absolute atomic E-state index is 2.33. The Morgan fingerprint density at radius 3 is 1.00 bits per heavy atom. The Bertz CT molecular complexity index is 133. The standard InChI is InChI=1S/3C6H13.H2O.Sn/c3*1-3-5-6-4-2;;/h3*1,3-6H2,2H3;1H2;. The van der Waals surface area contributed by atoms with E-state index in [2.05, 4.69) is 20.8 Å². The fourth-order valence-electron chi connectivity index (χ4n) is 2.78. The van der Waals surface area contributed by atoms with Gasteiger partial charge in [-0.3, -0.25) is 0 Å². The molecule has 0 unspecified atom stereocenters. The van der Waals surface area contributed by atoms with Crippen LogP contribution in [0.4, 0.5) is 0 Å². The molecule has 0 amide bonds. The minimum absolute atomic E-state index is 0. The third kappa shape index (κ3) is 16.8. The zero-order valence-electron chi connectivity index (χ0n) is 14.6. The Hall–Kier alpha value is 0.759. The van der Waals surface area contributed by atoms with Crippen molar-refractivity contribution in [1.29, 1.82) is 0 Å². The largest absolute Gasteiger partial charge is 0.412 e. The molecule has 0 fully saturated rings. The molecule has 0 heterocycles. The average molecular weight is 392 g/mol. The SMILES string of the molecule is CCCCC[CH2][Sn]([CH2]CCCCC)[CH2]CCCCC.O. The molecule has 2 N–H and O–H groups in total. The van der Waals surface area contributed by atoms with Gasteiger partial charge in [-0.25, -0.2) is 0 Å². The zero-order valence-corrected chi connectivity index (χ0v) is 17.5. The molecule has 0 rings (SSSR count). The number of unbranched alkanes of at least 4 members (excludes halogenated alkanes) is 9. The summed E-state index contributed by atoms with van der Waals surface area (Å²) in [5.74, 6) is 0. The van der Waals surface area contributed by atoms with Crippen LogP contribution < -0.4 is 0 Å². The molecular formula is C18H41OSn. The predicted octanol–water partition coefficient (Wildman–Crippen LogP) is 6.40. The Balaban J connectivity index is 0. The molecule has 0 aliphatic heterocycles. The second kappa shape index (κ2) is 19.8. The van der Waals surface area contributed by atoms with E-state index in [0.29, 0.717) is 0 Å². The molecule has 1 nitrogen and oxygen atoms in total. The molecule has 0 aromatic heterocycles. The first-order valence-electron chi connectivity index (χ1n) is 9.18. The summed E-state index contributed by atoms with van der Waals surface area (Å²) in [7, 11) is 0. The van der Waals surface area contributed by atoms with Gasteiger partial charge in [0.1, 0.15) is 0 Å². The van der Waals surface area contributed by atoms with Gasteiger partial charge < -0.3 is 5.48 Å². The van der Waals surface area contributed by atoms with E-state index >= 15 is 0 Å². The second-order valence-electron chi connectivity index (χ2n) is 6.18. The van der Waals surface area contributed by atoms with E-state index in [0.717, 1.165) is 0 Å². The van der Waals surface area contributed by atoms with Crippen LogP contribution >= 0.6 is 0 Å². The summed E-state index contributed by atoms with van der Waals surface area (Å²) >= 11 is -0.948. The van der Waals surface area contributed by atoms with Crippen molar-refractivity contribution in [2.75, 3.05) is 0 Å². The molecular weight excluding hydrogens is 351 g/mol. The van der Waals surface area contributed by atoms with Gasteiger partial charge in [-0.2, -0.15) is 0 Å². The van der Waals surface area contributed by atoms with Crippen LogP contribution in [0.5, 0.6) is 0 Å². The maximum Gasteiger partial charge on any atom is -0.412 e. The summed E-state index contributed by atoms with van der Waals surface area (Å²) in [4.78, 5) is 0. The van der Waals surface area contributed by atoms with Crippen molar-refractivity contribution in [3.8, 4) is 0 Å². The first-order valence-corrected chi connectivity index (χ1v) is 15.2. The van der Waals surface area contributed by atoms with E-state index in [4.69, 9.17) is 0 Å². The summed E-state index contributed by atoms with van der Waals surface area (Å²) in [6, 6.07) is 0. The molecule has 2 heteroatoms. The van der Waals surface area contributed by atoms with Crippen LogP contribution in [0.3, 0.4) is 0 Å². The summed E-state index contributed by atoms with van der Waals surface area (Å²) in [6.07, 6.45) is 17.9. The van der Waals surface area contributed by atoms with E-state index in [1.165, 1.54) is 57.8 Å². The van der Waals surface area contributed by atoms with Gasteiger partial charge in [0.2, 0.25) is 0 Å². The van der Waals surface area contributed by atoms with Crippen molar-refractivity contribution in [2.24, 2.45) is 0 Å². The molecule has 0 aliphatic rings. The molecule has 1 radical (unpaired) electrons. The smallest absolute Gasteiger partial charge is 0.412 e. The number of rotatable bonds is 15. The van der Waals surface area contributed by atoms with Crippen LogP contribution in [0.25, 0.3) is 0 Å². The number of hydrogen-bond donors (Lipinski definition) is 0. The monoisotopic (exact) mass is 393 g/mol. The molecule has 0 aromatic carbocycles. The quantitative estimate of drug-likeness (QED) is 0.228. The van der Waals surface area contributed by atoms with E-state index in [1.54, 1.807) is 32.6 Å². The van der Waals surface area contributed by atoms with Crippen molar-refractivity contribution in [1.82, 2.24) is 0 Å². The molecule has 0 bridgehead atoms. The molecule has 0 saturated carbocycles. The van der Waals surface area contributed by atoms with Gasteiger partial charge in [0.15, 0.2) is 0 Å². The van der Waals surface area contributed by atoms with E-state index < -0.39 is 19.8 Å². The Morgan fingerprint density at radius 2 is 0.750 bits per heavy atom. The van der Waals surface area contributed by atoms with Gasteiger partial charge in [0, 0.05) is 0 Å². The van der Waals surface area contributed by atoms with Crippen LogP contribution in [-0.2, 0) is 0 Å². The normalized spacial score (nSPS) is 10.8. The topological polar surface area (TPSA) is 31.5 Å². The van der Waals surface area contributed by atoms with Crippen molar-refractivity contribution < 1.29 is 5.48 Å². The molecule has 123 valence electrons. The van der Waals surface area contributed by atoms with Crippen LogP contribution in [0.15, 0.2) is 0 Å². The van der Waals surface area contributed by atoms with Gasteiger partial charge in [-0.1, -0.05) is 0 Å². The Morgan fingerprint density at radius 1 is 0.450 bits per heavy atom. The van der Waals surface area contributed by atoms with E-state index in [9.17, 15) is 0 Å². The fourth-order valence-corrected chi connectivity index (χ4v) is 11.3. The molecule has 0 aromatic rings. The van der Waals surface area contributed by atoms with Crippen LogP contribution in [-0.4, -0.2) is 25.2 Å². The minimum Gasteiger partial charge on any atom is -0.412 e. The molecule has 0 atom stereocenters. The van der Waals surface area contributed by atoms with Crippen molar-refractivity contribution in [2.45, 2.75) is 111 Å². The summed E-state index contributed by atoms with van der Waals surface area (Å²) in [5, 5.41) is 0. The first-order chi connectivity index (χ1) is 9.35. The van der Waals surface area contributed by atoms with Gasteiger partial charge in [-0.15, -0.1) is 0 Å². The van der Waals surface area contributed by atoms with Crippen LogP contribution in [0, 0.1) is 0 Å². The van der Waals surface area contributed by atoms with Crippen molar-refractivity contribution in [3.63, 3.8) is 0 Å². The summed E-state index contributed by atoms with van der Waals surface area (Å²) < 4.78 is 5.13. The predicted molar refractivity (Wildman–Crippen MR) is 96.2 cm³/mol. The Kier molecular flexibility index (Phi) is 22.8. The van der Waals surface area contributed by atoms with Crippen molar-refractivity contribution >= 4 is 19.8 Å². The molecule has 20 heavy (non-hydrogen) atoms. The number of hydrogen-bond acceptors (Lipinski definition) is 0. The summed E-state index contributed by atoms with van der Waals surface area (Å²) in [6.45, 7) is 6.99. The molecule has 0 aliphatic carbocycles. The molecule has 0 saturated heterocycles. The minimum atomic E-state index is -0.948. The third-order valence-electron chi connectivity index (χ3n) is 4.15. The van der Waals surface area contributed by atoms with Gasteiger partial charge >= 0.3 is 131 Å². The van der Waals surface area contributed by atoms with Gasteiger partial charge in [0.25, 0.3) is 0 Å². The van der Waals surface area contributed by atoms with Gasteiger partial charge in [-0.05, 0) is 0 Å². The third-order valence-corrected chi connectivity index (χ3v) is 13.2. The zero-order chi connectivity index (χ0) is 14.2. The molecule has 0 spiro atoms. The maximum atomic E-state index is 2.33. The fraction of sp³-hybridized carbons (Fsp3) is 1.00. The van der Waals surface area contributed by atoms with Gasteiger partial charge in [0.05, 0.1) is 0 Å². The summed E-state index contributed by atoms with van der Waals surface area (Å²) in [5.41, 5.74) is 0. The van der Waals surface area contributed by atoms with Crippen molar-refractivity contribution in [3.05, 3.63) is 0 Å². The average Bonchev–Trinajstić information content (AvgIpc) is 2.43.